The molecule has 4 rings (SSSR count). The summed E-state index contributed by atoms with van der Waals surface area (Å²) in [4.78, 5) is 0.146. The Balaban J connectivity index is 1.77. The molecule has 2 aromatic carbocycles. The molecule has 4 nitrogen and oxygen atoms in total. The Hall–Kier alpha value is -2.48. The summed E-state index contributed by atoms with van der Waals surface area (Å²) < 4.78 is 39.3. The van der Waals surface area contributed by atoms with E-state index in [1.54, 1.807) is 0 Å². The van der Waals surface area contributed by atoms with E-state index in [1.807, 2.05) is 42.5 Å². The molecular weight excluding hydrogens is 325 g/mol. The highest BCUT2D eigenvalue weighted by Gasteiger charge is 2.38. The average molecular weight is 334 g/mol. The fraction of sp³-hybridized carbons (Fsp3) is 0.133. The molecule has 0 atom stereocenters. The molecule has 0 fully saturated rings. The molecular formula is C15H9F3N4S. The molecule has 4 aromatic rings. The largest absolute Gasteiger partial charge is 0.453 e. The number of fused-ring (bicyclic) bond motifs is 2. The predicted octanol–water partition coefficient (Wildman–Crippen LogP) is 3.95. The Kier molecular flexibility index (Phi) is 3.08. The summed E-state index contributed by atoms with van der Waals surface area (Å²) in [6.07, 6.45) is -4.11. The van der Waals surface area contributed by atoms with Crippen LogP contribution in [0.25, 0.3) is 15.7 Å². The lowest BCUT2D eigenvalue weighted by atomic mass is 10.0. The summed E-state index contributed by atoms with van der Waals surface area (Å²) >= 11 is 1.12. The van der Waals surface area contributed by atoms with Crippen LogP contribution in [-0.4, -0.2) is 19.8 Å². The standard InChI is InChI=1S/C15H9F3N4S/c16-15(17,18)13-19-20-14-22(13)21-12(23-14)8-10-6-3-5-9-4-1-2-7-11(9)10/h1-7H,8H2. The second kappa shape index (κ2) is 5.02. The molecule has 0 saturated carbocycles. The number of nitrogens with zero attached hydrogens (tertiary/aromatic N) is 4. The molecule has 0 saturated heterocycles. The highest BCUT2D eigenvalue weighted by atomic mass is 32.1. The van der Waals surface area contributed by atoms with Gasteiger partial charge in [-0.3, -0.25) is 0 Å². The van der Waals surface area contributed by atoms with Crippen LogP contribution < -0.4 is 0 Å². The Bertz CT molecular complexity index is 997. The second-order valence-electron chi connectivity index (χ2n) is 5.03. The lowest BCUT2D eigenvalue weighted by Crippen LogP contribution is -2.11. The summed E-state index contributed by atoms with van der Waals surface area (Å²) in [6, 6.07) is 13.8. The molecule has 0 aliphatic carbocycles. The average Bonchev–Trinajstić information content (AvgIpc) is 3.06. The Morgan fingerprint density at radius 3 is 2.61 bits per heavy atom. The zero-order valence-electron chi connectivity index (χ0n) is 11.6. The van der Waals surface area contributed by atoms with Crippen LogP contribution in [0.15, 0.2) is 42.5 Å². The van der Waals surface area contributed by atoms with E-state index in [0.717, 1.165) is 32.2 Å². The molecule has 23 heavy (non-hydrogen) atoms. The van der Waals surface area contributed by atoms with E-state index >= 15 is 0 Å². The topological polar surface area (TPSA) is 43.1 Å². The van der Waals surface area contributed by atoms with Crippen molar-refractivity contribution in [1.82, 2.24) is 19.8 Å². The van der Waals surface area contributed by atoms with Gasteiger partial charge in [0.05, 0.1) is 0 Å². The van der Waals surface area contributed by atoms with E-state index < -0.39 is 12.0 Å². The van der Waals surface area contributed by atoms with Crippen molar-refractivity contribution < 1.29 is 13.2 Å². The van der Waals surface area contributed by atoms with Gasteiger partial charge in [0.25, 0.3) is 5.82 Å². The van der Waals surface area contributed by atoms with Crippen LogP contribution in [0.5, 0.6) is 0 Å². The third-order valence-corrected chi connectivity index (χ3v) is 4.41. The van der Waals surface area contributed by atoms with Crippen molar-refractivity contribution in [2.75, 3.05) is 0 Å². The lowest BCUT2D eigenvalue weighted by molar-refractivity contribution is -0.146. The van der Waals surface area contributed by atoms with Gasteiger partial charge in [-0.25, -0.2) is 0 Å². The summed E-state index contributed by atoms with van der Waals surface area (Å²) in [5.41, 5.74) is 1.02. The zero-order chi connectivity index (χ0) is 16.0. The van der Waals surface area contributed by atoms with Gasteiger partial charge in [0.2, 0.25) is 4.96 Å². The van der Waals surface area contributed by atoms with Crippen molar-refractivity contribution in [2.45, 2.75) is 12.6 Å². The number of halogens is 3. The molecule has 0 radical (unpaired) electrons. The van der Waals surface area contributed by atoms with Crippen LogP contribution in [-0.2, 0) is 12.6 Å². The summed E-state index contributed by atoms with van der Waals surface area (Å²) in [7, 11) is 0. The molecule has 2 heterocycles. The Morgan fingerprint density at radius 1 is 1.00 bits per heavy atom. The van der Waals surface area contributed by atoms with Crippen LogP contribution in [0, 0.1) is 0 Å². The van der Waals surface area contributed by atoms with Gasteiger partial charge in [-0.15, -0.1) is 10.2 Å². The second-order valence-corrected chi connectivity index (χ2v) is 6.07. The van der Waals surface area contributed by atoms with Gasteiger partial charge in [0, 0.05) is 6.42 Å². The zero-order valence-corrected chi connectivity index (χ0v) is 12.4. The lowest BCUT2D eigenvalue weighted by Gasteiger charge is -2.04. The van der Waals surface area contributed by atoms with Crippen molar-refractivity contribution in [2.24, 2.45) is 0 Å². The minimum atomic E-state index is -4.57. The third-order valence-electron chi connectivity index (χ3n) is 3.51. The van der Waals surface area contributed by atoms with E-state index in [1.165, 1.54) is 0 Å². The minimum Gasteiger partial charge on any atom is -0.178 e. The SMILES string of the molecule is FC(F)(F)c1nnc2sc(Cc3cccc4ccccc34)nn12. The van der Waals surface area contributed by atoms with Crippen molar-refractivity contribution in [3.8, 4) is 0 Å². The van der Waals surface area contributed by atoms with E-state index in [4.69, 9.17) is 0 Å². The van der Waals surface area contributed by atoms with Crippen molar-refractivity contribution in [3.05, 3.63) is 58.9 Å². The first-order valence-corrected chi connectivity index (χ1v) is 7.59. The molecule has 0 N–H and O–H groups in total. The van der Waals surface area contributed by atoms with Gasteiger partial charge in [-0.2, -0.15) is 22.8 Å². The fourth-order valence-corrected chi connectivity index (χ4v) is 3.37. The smallest absolute Gasteiger partial charge is 0.178 e. The van der Waals surface area contributed by atoms with Crippen molar-refractivity contribution in [1.29, 1.82) is 0 Å². The Labute approximate surface area is 132 Å². The first-order valence-electron chi connectivity index (χ1n) is 6.77. The fourth-order valence-electron chi connectivity index (χ4n) is 2.51. The molecule has 0 amide bonds. The quantitative estimate of drug-likeness (QED) is 0.557. The molecule has 0 spiro atoms. The molecule has 0 aliphatic rings. The van der Waals surface area contributed by atoms with Crippen LogP contribution in [0.4, 0.5) is 13.2 Å². The van der Waals surface area contributed by atoms with Crippen LogP contribution in [0.1, 0.15) is 16.4 Å². The molecule has 2 aromatic heterocycles. The predicted molar refractivity (Wildman–Crippen MR) is 80.4 cm³/mol. The molecule has 0 aliphatic heterocycles. The summed E-state index contributed by atoms with van der Waals surface area (Å²) in [6.45, 7) is 0. The first kappa shape index (κ1) is 14.1. The number of alkyl halides is 3. The van der Waals surface area contributed by atoms with Crippen LogP contribution >= 0.6 is 11.3 Å². The number of benzene rings is 2. The highest BCUT2D eigenvalue weighted by Crippen LogP contribution is 2.30. The van der Waals surface area contributed by atoms with Gasteiger partial charge >= 0.3 is 6.18 Å². The number of rotatable bonds is 2. The maximum absolute atomic E-state index is 12.8. The van der Waals surface area contributed by atoms with Gasteiger partial charge in [-0.05, 0) is 16.3 Å². The van der Waals surface area contributed by atoms with Crippen LogP contribution in [0.2, 0.25) is 0 Å². The molecule has 0 bridgehead atoms. The number of hydrogen-bond donors (Lipinski definition) is 0. The third kappa shape index (κ3) is 2.44. The van der Waals surface area contributed by atoms with E-state index in [0.29, 0.717) is 11.4 Å². The summed E-state index contributed by atoms with van der Waals surface area (Å²) in [5.74, 6) is -1.09. The van der Waals surface area contributed by atoms with E-state index in [9.17, 15) is 13.2 Å². The van der Waals surface area contributed by atoms with Crippen molar-refractivity contribution >= 4 is 27.1 Å². The maximum Gasteiger partial charge on any atom is 0.453 e. The first-order chi connectivity index (χ1) is 11.0. The van der Waals surface area contributed by atoms with Gasteiger partial charge in [0.1, 0.15) is 5.01 Å². The highest BCUT2D eigenvalue weighted by molar-refractivity contribution is 7.16. The normalized spacial score (nSPS) is 12.3. The monoisotopic (exact) mass is 334 g/mol. The number of aromatic nitrogens is 4. The van der Waals surface area contributed by atoms with E-state index in [-0.39, 0.29) is 4.96 Å². The summed E-state index contributed by atoms with van der Waals surface area (Å²) in [5, 5.41) is 13.5. The number of hydrogen-bond acceptors (Lipinski definition) is 4. The van der Waals surface area contributed by atoms with Gasteiger partial charge < -0.3 is 0 Å². The van der Waals surface area contributed by atoms with E-state index in [2.05, 4.69) is 15.3 Å². The molecule has 0 unspecified atom stereocenters. The van der Waals surface area contributed by atoms with Gasteiger partial charge in [0.15, 0.2) is 0 Å². The Morgan fingerprint density at radius 2 is 1.78 bits per heavy atom. The van der Waals surface area contributed by atoms with Crippen molar-refractivity contribution in [3.63, 3.8) is 0 Å². The van der Waals surface area contributed by atoms with Gasteiger partial charge in [-0.1, -0.05) is 53.8 Å². The molecule has 8 heteroatoms. The van der Waals surface area contributed by atoms with Crippen LogP contribution in [0.3, 0.4) is 0 Å². The maximum atomic E-state index is 12.8. The molecule has 116 valence electrons. The minimum absolute atomic E-state index is 0.146.